The second kappa shape index (κ2) is 14.7. The minimum Gasteiger partial charge on any atom is -0.455 e. The quantitative estimate of drug-likeness (QED) is 0.167. The standard InChI is InChI=1S/C65H43NO2/c1-65(2)59-36-45(40-10-4-3-5-11-40)22-30-53(59)54-35-29-50(39-60(54)65)66(48-25-16-41(17-26-48)46-23-31-55-57-33-20-43-12-6-8-14-51(43)63(57)67-61(55)37-46)49-27-18-42(19-28-49)47-24-32-56-58-34-21-44-13-7-9-15-52(44)64(58)68-62(56)38-47/h3-39H,1-2H3. The fourth-order valence-electron chi connectivity index (χ4n) is 11.1. The molecule has 320 valence electrons. The van der Waals surface area contributed by atoms with Gasteiger partial charge in [-0.1, -0.05) is 159 Å². The zero-order chi connectivity index (χ0) is 45.1. The first-order valence-corrected chi connectivity index (χ1v) is 23.5. The number of hydrogen-bond donors (Lipinski definition) is 0. The Kier molecular flexibility index (Phi) is 8.33. The van der Waals surface area contributed by atoms with Crippen molar-refractivity contribution in [2.24, 2.45) is 0 Å². The third-order valence-corrected chi connectivity index (χ3v) is 14.7. The van der Waals surface area contributed by atoms with Crippen molar-refractivity contribution in [2.45, 2.75) is 19.3 Å². The molecule has 0 bridgehead atoms. The maximum Gasteiger partial charge on any atom is 0.143 e. The van der Waals surface area contributed by atoms with Crippen molar-refractivity contribution in [1.29, 1.82) is 0 Å². The van der Waals surface area contributed by atoms with Crippen LogP contribution in [0.3, 0.4) is 0 Å². The van der Waals surface area contributed by atoms with Crippen LogP contribution in [0.25, 0.3) is 110 Å². The summed E-state index contributed by atoms with van der Waals surface area (Å²) in [6, 6.07) is 81.5. The number of hydrogen-bond acceptors (Lipinski definition) is 3. The molecule has 1 aliphatic rings. The fraction of sp³-hybridized carbons (Fsp3) is 0.0462. The van der Waals surface area contributed by atoms with Gasteiger partial charge < -0.3 is 13.7 Å². The van der Waals surface area contributed by atoms with Gasteiger partial charge >= 0.3 is 0 Å². The summed E-state index contributed by atoms with van der Waals surface area (Å²) in [5, 5.41) is 9.18. The lowest BCUT2D eigenvalue weighted by atomic mass is 9.81. The van der Waals surface area contributed by atoms with E-state index in [9.17, 15) is 0 Å². The molecule has 2 heterocycles. The van der Waals surface area contributed by atoms with Crippen LogP contribution in [-0.4, -0.2) is 0 Å². The summed E-state index contributed by atoms with van der Waals surface area (Å²) in [6.45, 7) is 4.74. The van der Waals surface area contributed by atoms with Crippen molar-refractivity contribution < 1.29 is 8.83 Å². The molecule has 0 atom stereocenters. The molecule has 0 saturated carbocycles. The zero-order valence-corrected chi connectivity index (χ0v) is 37.6. The van der Waals surface area contributed by atoms with Crippen LogP contribution in [0.15, 0.2) is 233 Å². The Labute approximate surface area is 393 Å². The highest BCUT2D eigenvalue weighted by molar-refractivity contribution is 6.16. The fourth-order valence-corrected chi connectivity index (χ4v) is 11.1. The normalized spacial score (nSPS) is 13.0. The van der Waals surface area contributed by atoms with Crippen LogP contribution < -0.4 is 4.90 Å². The number of rotatable bonds is 6. The SMILES string of the molecule is CC1(C)c2cc(-c3ccccc3)ccc2-c2ccc(N(c3ccc(-c4ccc5c(c4)oc4c6ccccc6ccc54)cc3)c3ccc(-c4ccc5c(c4)oc4c6ccccc6ccc54)cc3)cc21. The topological polar surface area (TPSA) is 29.5 Å². The van der Waals surface area contributed by atoms with Gasteiger partial charge in [0.1, 0.15) is 22.3 Å². The van der Waals surface area contributed by atoms with E-state index < -0.39 is 0 Å². The molecule has 1 aliphatic carbocycles. The highest BCUT2D eigenvalue weighted by atomic mass is 16.3. The van der Waals surface area contributed by atoms with E-state index in [1.54, 1.807) is 0 Å². The molecule has 0 spiro atoms. The van der Waals surface area contributed by atoms with Gasteiger partial charge in [0.25, 0.3) is 0 Å². The Bertz CT molecular complexity index is 3960. The molecule has 13 aromatic rings. The van der Waals surface area contributed by atoms with Crippen molar-refractivity contribution in [3.05, 3.63) is 236 Å². The molecule has 0 N–H and O–H groups in total. The first-order chi connectivity index (χ1) is 33.4. The van der Waals surface area contributed by atoms with E-state index in [0.717, 1.165) is 94.0 Å². The summed E-state index contributed by atoms with van der Waals surface area (Å²) in [5.41, 5.74) is 19.0. The minimum atomic E-state index is -0.200. The van der Waals surface area contributed by atoms with Gasteiger partial charge in [0, 0.05) is 54.8 Å². The molecule has 0 unspecified atom stereocenters. The Hall–Kier alpha value is -8.66. The number of furan rings is 2. The Morgan fingerprint density at radius 2 is 0.721 bits per heavy atom. The lowest BCUT2D eigenvalue weighted by Gasteiger charge is -2.28. The number of fused-ring (bicyclic) bond motifs is 13. The Morgan fingerprint density at radius 3 is 1.28 bits per heavy atom. The van der Waals surface area contributed by atoms with E-state index in [0.29, 0.717) is 0 Å². The molecule has 0 aliphatic heterocycles. The summed E-state index contributed by atoms with van der Waals surface area (Å²) < 4.78 is 13.2. The lowest BCUT2D eigenvalue weighted by molar-refractivity contribution is 0.660. The van der Waals surface area contributed by atoms with Crippen LogP contribution in [-0.2, 0) is 5.41 Å². The molecule has 14 rings (SSSR count). The monoisotopic (exact) mass is 869 g/mol. The van der Waals surface area contributed by atoms with Crippen LogP contribution in [0, 0.1) is 0 Å². The van der Waals surface area contributed by atoms with Gasteiger partial charge in [-0.3, -0.25) is 0 Å². The van der Waals surface area contributed by atoms with Crippen molar-refractivity contribution in [1.82, 2.24) is 0 Å². The van der Waals surface area contributed by atoms with E-state index >= 15 is 0 Å². The zero-order valence-electron chi connectivity index (χ0n) is 37.6. The van der Waals surface area contributed by atoms with Gasteiger partial charge in [0.05, 0.1) is 0 Å². The van der Waals surface area contributed by atoms with Gasteiger partial charge in [-0.05, 0) is 145 Å². The predicted octanol–water partition coefficient (Wildman–Crippen LogP) is 18.6. The molecule has 0 fully saturated rings. The molecular weight excluding hydrogens is 827 g/mol. The molecular formula is C65H43NO2. The molecule has 2 aromatic heterocycles. The predicted molar refractivity (Wildman–Crippen MR) is 285 cm³/mol. The van der Waals surface area contributed by atoms with E-state index in [1.165, 1.54) is 44.2 Å². The van der Waals surface area contributed by atoms with Crippen LogP contribution >= 0.6 is 0 Å². The summed E-state index contributed by atoms with van der Waals surface area (Å²) in [7, 11) is 0. The van der Waals surface area contributed by atoms with Crippen molar-refractivity contribution in [2.75, 3.05) is 4.90 Å². The molecule has 0 radical (unpaired) electrons. The van der Waals surface area contributed by atoms with Gasteiger partial charge in [0.2, 0.25) is 0 Å². The summed E-state index contributed by atoms with van der Waals surface area (Å²) in [5.74, 6) is 0. The van der Waals surface area contributed by atoms with Gasteiger partial charge in [-0.2, -0.15) is 0 Å². The van der Waals surface area contributed by atoms with Gasteiger partial charge in [0.15, 0.2) is 0 Å². The second-order valence-electron chi connectivity index (χ2n) is 18.9. The minimum absolute atomic E-state index is 0.200. The first-order valence-electron chi connectivity index (χ1n) is 23.5. The second-order valence-corrected chi connectivity index (χ2v) is 18.9. The van der Waals surface area contributed by atoms with E-state index in [4.69, 9.17) is 8.83 Å². The summed E-state index contributed by atoms with van der Waals surface area (Å²) in [4.78, 5) is 2.39. The largest absolute Gasteiger partial charge is 0.455 e. The molecule has 3 heteroatoms. The van der Waals surface area contributed by atoms with E-state index in [1.807, 2.05) is 0 Å². The van der Waals surface area contributed by atoms with Crippen molar-refractivity contribution >= 4 is 82.5 Å². The van der Waals surface area contributed by atoms with Gasteiger partial charge in [-0.25, -0.2) is 0 Å². The highest BCUT2D eigenvalue weighted by Crippen LogP contribution is 2.52. The Morgan fingerprint density at radius 1 is 0.309 bits per heavy atom. The smallest absolute Gasteiger partial charge is 0.143 e. The van der Waals surface area contributed by atoms with E-state index in [2.05, 4.69) is 243 Å². The number of anilines is 3. The average Bonchev–Trinajstić information content (AvgIpc) is 4.04. The van der Waals surface area contributed by atoms with Crippen molar-refractivity contribution in [3.8, 4) is 44.5 Å². The van der Waals surface area contributed by atoms with Crippen LogP contribution in [0.5, 0.6) is 0 Å². The van der Waals surface area contributed by atoms with Crippen LogP contribution in [0.4, 0.5) is 17.1 Å². The number of nitrogens with zero attached hydrogens (tertiary/aromatic N) is 1. The molecule has 3 nitrogen and oxygen atoms in total. The van der Waals surface area contributed by atoms with Gasteiger partial charge in [-0.15, -0.1) is 0 Å². The first kappa shape index (κ1) is 38.6. The molecule has 68 heavy (non-hydrogen) atoms. The summed E-state index contributed by atoms with van der Waals surface area (Å²) >= 11 is 0. The lowest BCUT2D eigenvalue weighted by Crippen LogP contribution is -2.16. The average molecular weight is 870 g/mol. The summed E-state index contributed by atoms with van der Waals surface area (Å²) in [6.07, 6.45) is 0. The molecule has 0 saturated heterocycles. The highest BCUT2D eigenvalue weighted by Gasteiger charge is 2.36. The third kappa shape index (κ3) is 5.92. The molecule has 0 amide bonds. The van der Waals surface area contributed by atoms with E-state index in [-0.39, 0.29) is 5.41 Å². The maximum absolute atomic E-state index is 6.59. The molecule has 11 aromatic carbocycles. The maximum atomic E-state index is 6.59. The third-order valence-electron chi connectivity index (χ3n) is 14.7. The van der Waals surface area contributed by atoms with Crippen LogP contribution in [0.2, 0.25) is 0 Å². The number of benzene rings is 11. The van der Waals surface area contributed by atoms with Crippen LogP contribution in [0.1, 0.15) is 25.0 Å². The van der Waals surface area contributed by atoms with Crippen molar-refractivity contribution in [3.63, 3.8) is 0 Å². The Balaban J connectivity index is 0.853.